The first kappa shape index (κ1) is 31.5. The van der Waals surface area contributed by atoms with Crippen LogP contribution in [0.2, 0.25) is 0 Å². The molecule has 12 heteroatoms. The molecule has 0 aromatic heterocycles. The van der Waals surface area contributed by atoms with E-state index < -0.39 is 37.3 Å². The van der Waals surface area contributed by atoms with Crippen molar-refractivity contribution >= 4 is 27.5 Å². The number of methoxy groups -OCH3 is 2. The van der Waals surface area contributed by atoms with E-state index in [4.69, 9.17) is 14.2 Å². The second-order valence-corrected chi connectivity index (χ2v) is 13.3. The summed E-state index contributed by atoms with van der Waals surface area (Å²) in [4.78, 5) is 27.6. The molecule has 2 unspecified atom stereocenters. The van der Waals surface area contributed by atoms with Gasteiger partial charge in [-0.2, -0.15) is 13.8 Å². The summed E-state index contributed by atoms with van der Waals surface area (Å²) in [6.07, 6.45) is 2.59. The Balaban J connectivity index is 1.46. The van der Waals surface area contributed by atoms with Crippen molar-refractivity contribution in [1.82, 2.24) is 20.1 Å². The van der Waals surface area contributed by atoms with E-state index in [-0.39, 0.29) is 25.3 Å². The minimum absolute atomic E-state index is 0.153. The first-order valence-corrected chi connectivity index (χ1v) is 16.3. The Hall–Kier alpha value is -3.97. The quantitative estimate of drug-likeness (QED) is 0.278. The number of nitrogens with zero attached hydrogens (tertiary/aromatic N) is 1. The monoisotopic (exact) mass is 623 g/mol. The molecule has 1 saturated heterocycles. The molecular weight excluding hydrogens is 584 g/mol. The topological polar surface area (TPSA) is 132 Å². The highest BCUT2D eigenvalue weighted by atomic mass is 32.2. The zero-order valence-corrected chi connectivity index (χ0v) is 26.0. The fourth-order valence-corrected chi connectivity index (χ4v) is 7.43. The smallest absolute Gasteiger partial charge is 0.321 e. The zero-order valence-electron chi connectivity index (χ0n) is 25.2. The Kier molecular flexibility index (Phi) is 9.26. The molecule has 44 heavy (non-hydrogen) atoms. The molecule has 3 N–H and O–H groups in total. The lowest BCUT2D eigenvalue weighted by atomic mass is 9.75. The Morgan fingerprint density at radius 2 is 1.64 bits per heavy atom. The third-order valence-corrected chi connectivity index (χ3v) is 10.0. The largest absolute Gasteiger partial charge is 0.493 e. The first-order chi connectivity index (χ1) is 21.1. The van der Waals surface area contributed by atoms with Crippen LogP contribution in [0.25, 0.3) is 0 Å². The molecule has 3 aromatic carbocycles. The van der Waals surface area contributed by atoms with Crippen molar-refractivity contribution in [3.63, 3.8) is 0 Å². The lowest BCUT2D eigenvalue weighted by Crippen LogP contribution is -2.68. The normalized spacial score (nSPS) is 19.5. The van der Waals surface area contributed by atoms with E-state index in [1.165, 1.54) is 20.3 Å². The van der Waals surface area contributed by atoms with E-state index in [2.05, 4.69) is 16.1 Å². The van der Waals surface area contributed by atoms with Crippen LogP contribution in [0, 0.1) is 0 Å². The van der Waals surface area contributed by atoms with Gasteiger partial charge in [0, 0.05) is 17.2 Å². The number of para-hydroxylation sites is 1. The van der Waals surface area contributed by atoms with E-state index >= 15 is 0 Å². The Bertz CT molecular complexity index is 1610. The molecule has 0 bridgehead atoms. The summed E-state index contributed by atoms with van der Waals surface area (Å²) in [7, 11) is -0.985. The summed E-state index contributed by atoms with van der Waals surface area (Å²) in [6.45, 7) is 1.63. The van der Waals surface area contributed by atoms with Gasteiger partial charge in [-0.05, 0) is 49.7 Å². The van der Waals surface area contributed by atoms with Gasteiger partial charge in [-0.25, -0.2) is 0 Å². The summed E-state index contributed by atoms with van der Waals surface area (Å²) >= 11 is 0. The number of nitrogens with one attached hydrogen (secondary N) is 3. The molecule has 2 amide bonds. The number of carbonyl (C=O) groups excluding carboxylic acids is 2. The molecule has 1 fully saturated rings. The van der Waals surface area contributed by atoms with Crippen LogP contribution in [0.1, 0.15) is 34.3 Å². The predicted octanol–water partition coefficient (Wildman–Crippen LogP) is 2.65. The van der Waals surface area contributed by atoms with E-state index in [0.717, 1.165) is 43.3 Å². The minimum Gasteiger partial charge on any atom is -0.493 e. The van der Waals surface area contributed by atoms with Crippen molar-refractivity contribution in [2.75, 3.05) is 46.7 Å². The molecule has 5 rings (SSSR count). The second-order valence-electron chi connectivity index (χ2n) is 11.3. The average Bonchev–Trinajstić information content (AvgIpc) is 3.30. The Morgan fingerprint density at radius 1 is 0.955 bits per heavy atom. The summed E-state index contributed by atoms with van der Waals surface area (Å²) < 4.78 is 43.1. The number of amides is 2. The number of hydrogen-bond donors (Lipinski definition) is 3. The number of ether oxygens (including phenoxy) is 3. The van der Waals surface area contributed by atoms with Gasteiger partial charge in [-0.3, -0.25) is 9.59 Å². The van der Waals surface area contributed by atoms with Crippen LogP contribution in [0.15, 0.2) is 72.8 Å². The molecule has 234 valence electrons. The number of sulfonamides is 1. The molecule has 3 aromatic rings. The zero-order chi connectivity index (χ0) is 31.4. The van der Waals surface area contributed by atoms with Gasteiger partial charge in [-0.1, -0.05) is 52.5 Å². The number of quaternary nitrogens is 1. The fourth-order valence-electron chi connectivity index (χ4n) is 6.17. The van der Waals surface area contributed by atoms with Crippen LogP contribution in [0.4, 0.5) is 5.69 Å². The van der Waals surface area contributed by atoms with Gasteiger partial charge >= 0.3 is 10.0 Å². The maximum Gasteiger partial charge on any atom is 0.321 e. The Morgan fingerprint density at radius 3 is 2.32 bits per heavy atom. The molecule has 2 atom stereocenters. The van der Waals surface area contributed by atoms with Crippen LogP contribution >= 0.6 is 0 Å². The Labute approximate surface area is 258 Å². The SMILES string of the molecule is COc1ccc(C(=O)NC(COCc2ccccc2)C(=O)N[N+]2(S(C)(=O)=O)CC3(CCNCC3)c3ccccc32)cc1OC. The van der Waals surface area contributed by atoms with Gasteiger partial charge in [0.05, 0.1) is 39.1 Å². The first-order valence-electron chi connectivity index (χ1n) is 14.5. The highest BCUT2D eigenvalue weighted by Gasteiger charge is 2.60. The van der Waals surface area contributed by atoms with Gasteiger partial charge < -0.3 is 24.8 Å². The molecule has 0 radical (unpaired) electrons. The lowest BCUT2D eigenvalue weighted by molar-refractivity contribution is -0.127. The summed E-state index contributed by atoms with van der Waals surface area (Å²) in [5, 5.41) is 6.11. The molecule has 0 saturated carbocycles. The summed E-state index contributed by atoms with van der Waals surface area (Å²) in [5.74, 6) is -0.442. The van der Waals surface area contributed by atoms with E-state index in [1.54, 1.807) is 24.3 Å². The molecule has 2 aliphatic heterocycles. The van der Waals surface area contributed by atoms with Crippen molar-refractivity contribution in [3.05, 3.63) is 89.5 Å². The van der Waals surface area contributed by atoms with Crippen molar-refractivity contribution in [3.8, 4) is 11.5 Å². The van der Waals surface area contributed by atoms with Crippen LogP contribution < -0.4 is 29.5 Å². The minimum atomic E-state index is -3.94. The van der Waals surface area contributed by atoms with E-state index in [1.807, 2.05) is 42.5 Å². The fraction of sp³-hybridized carbons (Fsp3) is 0.375. The number of carbonyl (C=O) groups is 2. The van der Waals surface area contributed by atoms with Crippen LogP contribution in [0.5, 0.6) is 11.5 Å². The lowest BCUT2D eigenvalue weighted by Gasteiger charge is -2.36. The maximum absolute atomic E-state index is 14.1. The molecule has 0 aliphatic carbocycles. The van der Waals surface area contributed by atoms with E-state index in [0.29, 0.717) is 17.2 Å². The van der Waals surface area contributed by atoms with Gasteiger partial charge in [-0.15, -0.1) is 0 Å². The van der Waals surface area contributed by atoms with Crippen LogP contribution in [-0.4, -0.2) is 73.0 Å². The highest BCUT2D eigenvalue weighted by molar-refractivity contribution is 7.90. The second kappa shape index (κ2) is 12.9. The van der Waals surface area contributed by atoms with Crippen molar-refractivity contribution in [2.24, 2.45) is 0 Å². The number of fused-ring (bicyclic) bond motifs is 2. The van der Waals surface area contributed by atoms with Crippen molar-refractivity contribution in [2.45, 2.75) is 30.9 Å². The molecule has 1 spiro atoms. The maximum atomic E-state index is 14.1. The predicted molar refractivity (Wildman–Crippen MR) is 167 cm³/mol. The number of rotatable bonds is 11. The molecule has 2 heterocycles. The van der Waals surface area contributed by atoms with Crippen LogP contribution in [0.3, 0.4) is 0 Å². The van der Waals surface area contributed by atoms with Gasteiger partial charge in [0.1, 0.15) is 12.6 Å². The van der Waals surface area contributed by atoms with Gasteiger partial charge in [0.2, 0.25) is 0 Å². The van der Waals surface area contributed by atoms with E-state index in [9.17, 15) is 18.0 Å². The number of piperidine rings is 1. The molecule has 11 nitrogen and oxygen atoms in total. The summed E-state index contributed by atoms with van der Waals surface area (Å²) in [6, 6.07) is 20.3. The van der Waals surface area contributed by atoms with Gasteiger partial charge in [0.25, 0.3) is 11.8 Å². The third kappa shape index (κ3) is 6.16. The third-order valence-electron chi connectivity index (χ3n) is 8.47. The van der Waals surface area contributed by atoms with Gasteiger partial charge in [0.15, 0.2) is 17.2 Å². The molecule has 2 aliphatic rings. The summed E-state index contributed by atoms with van der Waals surface area (Å²) in [5.41, 5.74) is 4.98. The highest BCUT2D eigenvalue weighted by Crippen LogP contribution is 2.50. The number of benzene rings is 3. The number of hydrogen-bond acceptors (Lipinski definition) is 8. The molecular formula is C32H39N4O7S+. The van der Waals surface area contributed by atoms with Crippen molar-refractivity contribution < 1.29 is 32.2 Å². The van der Waals surface area contributed by atoms with Crippen molar-refractivity contribution in [1.29, 1.82) is 0 Å². The average molecular weight is 624 g/mol. The van der Waals surface area contributed by atoms with Crippen LogP contribution in [-0.2, 0) is 31.6 Å². The standard InChI is InChI=1S/C32H38N4O7S/c1-41-28-14-13-24(19-29(28)42-2)30(37)34-26(21-43-20-23-9-5-4-6-10-23)31(38)35-36(44(3,39)40)22-32(15-17-33-18-16-32)25-11-7-8-12-27(25)36/h4-14,19,26,33H,15-18,20-22H2,1-3H3,(H-,34,35,37,38)/p+1.